The molecule has 0 unspecified atom stereocenters. The topological polar surface area (TPSA) is 69.3 Å². The van der Waals surface area contributed by atoms with E-state index in [4.69, 9.17) is 0 Å². The molecule has 0 bridgehead atoms. The average Bonchev–Trinajstić information content (AvgIpc) is 3.26. The van der Waals surface area contributed by atoms with E-state index in [0.717, 1.165) is 33.2 Å². The molecule has 4 aromatic rings. The van der Waals surface area contributed by atoms with E-state index < -0.39 is 6.04 Å². The van der Waals surface area contributed by atoms with Gasteiger partial charge in [-0.2, -0.15) is 0 Å². The number of aromatic amines is 1. The van der Waals surface area contributed by atoms with Crippen molar-refractivity contribution in [3.05, 3.63) is 89.9 Å². The summed E-state index contributed by atoms with van der Waals surface area (Å²) >= 11 is 0. The van der Waals surface area contributed by atoms with Crippen molar-refractivity contribution < 1.29 is 9.59 Å². The summed E-state index contributed by atoms with van der Waals surface area (Å²) in [5.41, 5.74) is 5.71. The van der Waals surface area contributed by atoms with Crippen LogP contribution in [0, 0.1) is 6.92 Å². The molecule has 0 saturated carbocycles. The Labute approximate surface area is 192 Å². The zero-order chi connectivity index (χ0) is 22.9. The van der Waals surface area contributed by atoms with E-state index in [-0.39, 0.29) is 11.8 Å². The van der Waals surface area contributed by atoms with Crippen molar-refractivity contribution in [3.63, 3.8) is 0 Å². The molecule has 33 heavy (non-hydrogen) atoms. The molecule has 6 nitrogen and oxygen atoms in total. The van der Waals surface area contributed by atoms with E-state index in [1.54, 1.807) is 23.0 Å². The summed E-state index contributed by atoms with van der Waals surface area (Å²) in [4.78, 5) is 37.4. The van der Waals surface area contributed by atoms with Crippen molar-refractivity contribution >= 4 is 22.7 Å². The smallest absolute Gasteiger partial charge is 0.271 e. The molecular weight excluding hydrogens is 412 g/mol. The van der Waals surface area contributed by atoms with Crippen molar-refractivity contribution in [2.75, 3.05) is 20.1 Å². The number of hydrogen-bond acceptors (Lipinski definition) is 3. The standard InChI is InChI=1S/C27H26N4O2/c1-18-5-8-21-16-24(29-23(21)14-18)26(32)31-13-12-30(2)27(33)25(31)15-19-6-9-20(10-7-19)22-4-3-11-28-17-22/h3-11,14,16-17,25,29H,12-13,15H2,1-2H3/t25-/m0/s1. The van der Waals surface area contributed by atoms with E-state index in [9.17, 15) is 9.59 Å². The fourth-order valence-corrected chi connectivity index (χ4v) is 4.45. The van der Waals surface area contributed by atoms with Gasteiger partial charge in [0.1, 0.15) is 11.7 Å². The van der Waals surface area contributed by atoms with Gasteiger partial charge >= 0.3 is 0 Å². The number of hydrogen-bond donors (Lipinski definition) is 1. The van der Waals surface area contributed by atoms with E-state index in [1.807, 2.05) is 73.8 Å². The Morgan fingerprint density at radius 3 is 2.64 bits per heavy atom. The normalized spacial score (nSPS) is 16.4. The zero-order valence-corrected chi connectivity index (χ0v) is 18.8. The first-order chi connectivity index (χ1) is 16.0. The minimum absolute atomic E-state index is 0.0297. The highest BCUT2D eigenvalue weighted by molar-refractivity contribution is 6.00. The fourth-order valence-electron chi connectivity index (χ4n) is 4.45. The van der Waals surface area contributed by atoms with Crippen molar-refractivity contribution in [2.45, 2.75) is 19.4 Å². The first kappa shape index (κ1) is 20.9. The monoisotopic (exact) mass is 438 g/mol. The third-order valence-electron chi connectivity index (χ3n) is 6.36. The Bertz CT molecular complexity index is 1310. The maximum atomic E-state index is 13.5. The van der Waals surface area contributed by atoms with Crippen LogP contribution in [0.4, 0.5) is 0 Å². The van der Waals surface area contributed by atoms with Crippen LogP contribution in [-0.4, -0.2) is 57.8 Å². The second-order valence-electron chi connectivity index (χ2n) is 8.69. The van der Waals surface area contributed by atoms with Gasteiger partial charge in [0.25, 0.3) is 5.91 Å². The third kappa shape index (κ3) is 4.12. The number of aromatic nitrogens is 2. The number of amides is 2. The SMILES string of the molecule is Cc1ccc2cc(C(=O)N3CCN(C)C(=O)[C@@H]3Cc3ccc(-c4cccnc4)cc3)[nH]c2c1. The number of nitrogens with one attached hydrogen (secondary N) is 1. The third-order valence-corrected chi connectivity index (χ3v) is 6.36. The highest BCUT2D eigenvalue weighted by Gasteiger charge is 2.36. The number of carbonyl (C=O) groups is 2. The number of likely N-dealkylation sites (N-methyl/N-ethyl adjacent to an activating group) is 1. The molecular formula is C27H26N4O2. The first-order valence-corrected chi connectivity index (χ1v) is 11.1. The molecule has 5 rings (SSSR count). The molecule has 0 radical (unpaired) electrons. The van der Waals surface area contributed by atoms with Gasteiger partial charge in [-0.05, 0) is 47.4 Å². The van der Waals surface area contributed by atoms with E-state index in [1.165, 1.54) is 0 Å². The number of carbonyl (C=O) groups excluding carboxylic acids is 2. The summed E-state index contributed by atoms with van der Waals surface area (Å²) in [5, 5.41) is 0.993. The molecule has 2 amide bonds. The number of rotatable bonds is 4. The molecule has 0 spiro atoms. The van der Waals surface area contributed by atoms with Crippen LogP contribution in [0.5, 0.6) is 0 Å². The second kappa shape index (κ2) is 8.54. The summed E-state index contributed by atoms with van der Waals surface area (Å²) in [6.07, 6.45) is 4.06. The minimum atomic E-state index is -0.534. The predicted molar refractivity (Wildman–Crippen MR) is 129 cm³/mol. The lowest BCUT2D eigenvalue weighted by molar-refractivity contribution is -0.138. The summed E-state index contributed by atoms with van der Waals surface area (Å²) in [6.45, 7) is 3.06. The van der Waals surface area contributed by atoms with Crippen LogP contribution in [-0.2, 0) is 11.2 Å². The number of piperazine rings is 1. The molecule has 1 aliphatic heterocycles. The molecule has 1 aliphatic rings. The van der Waals surface area contributed by atoms with Crippen LogP contribution in [0.25, 0.3) is 22.0 Å². The molecule has 2 aromatic carbocycles. The van der Waals surface area contributed by atoms with Gasteiger partial charge in [-0.1, -0.05) is 42.5 Å². The fraction of sp³-hybridized carbons (Fsp3) is 0.222. The van der Waals surface area contributed by atoms with Gasteiger partial charge in [-0.15, -0.1) is 0 Å². The Morgan fingerprint density at radius 2 is 1.88 bits per heavy atom. The number of pyridine rings is 1. The Hall–Kier alpha value is -3.93. The molecule has 1 saturated heterocycles. The van der Waals surface area contributed by atoms with Gasteiger partial charge in [0.2, 0.25) is 5.91 Å². The van der Waals surface area contributed by atoms with Gasteiger partial charge in [-0.3, -0.25) is 14.6 Å². The zero-order valence-electron chi connectivity index (χ0n) is 18.8. The van der Waals surface area contributed by atoms with Gasteiger partial charge in [-0.25, -0.2) is 0 Å². The van der Waals surface area contributed by atoms with E-state index in [0.29, 0.717) is 25.2 Å². The van der Waals surface area contributed by atoms with Crippen molar-refractivity contribution in [1.82, 2.24) is 19.8 Å². The van der Waals surface area contributed by atoms with Gasteiger partial charge in [0.05, 0.1) is 0 Å². The summed E-state index contributed by atoms with van der Waals surface area (Å²) in [7, 11) is 1.80. The summed E-state index contributed by atoms with van der Waals surface area (Å²) in [5.74, 6) is -0.167. The van der Waals surface area contributed by atoms with Gasteiger partial charge in [0, 0.05) is 49.9 Å². The number of H-pyrrole nitrogens is 1. The molecule has 1 N–H and O–H groups in total. The molecule has 3 heterocycles. The molecule has 166 valence electrons. The minimum Gasteiger partial charge on any atom is -0.351 e. The predicted octanol–water partition coefficient (Wildman–Crippen LogP) is 4.06. The van der Waals surface area contributed by atoms with Crippen LogP contribution in [0.2, 0.25) is 0 Å². The van der Waals surface area contributed by atoms with Crippen LogP contribution < -0.4 is 0 Å². The maximum absolute atomic E-state index is 13.5. The van der Waals surface area contributed by atoms with Crippen LogP contribution in [0.15, 0.2) is 73.1 Å². The molecule has 0 aliphatic carbocycles. The lowest BCUT2D eigenvalue weighted by atomic mass is 9.98. The molecule has 6 heteroatoms. The Morgan fingerprint density at radius 1 is 1.06 bits per heavy atom. The average molecular weight is 439 g/mol. The molecule has 1 fully saturated rings. The second-order valence-corrected chi connectivity index (χ2v) is 8.69. The van der Waals surface area contributed by atoms with Crippen molar-refractivity contribution in [1.29, 1.82) is 0 Å². The van der Waals surface area contributed by atoms with Crippen LogP contribution in [0.1, 0.15) is 21.6 Å². The number of nitrogens with zero attached hydrogens (tertiary/aromatic N) is 3. The lowest BCUT2D eigenvalue weighted by Crippen LogP contribution is -2.58. The van der Waals surface area contributed by atoms with E-state index in [2.05, 4.69) is 9.97 Å². The van der Waals surface area contributed by atoms with Crippen LogP contribution >= 0.6 is 0 Å². The Balaban J connectivity index is 1.40. The summed E-state index contributed by atoms with van der Waals surface area (Å²) < 4.78 is 0. The van der Waals surface area contributed by atoms with E-state index >= 15 is 0 Å². The van der Waals surface area contributed by atoms with Gasteiger partial charge in [0.15, 0.2) is 0 Å². The maximum Gasteiger partial charge on any atom is 0.271 e. The van der Waals surface area contributed by atoms with Crippen molar-refractivity contribution in [2.24, 2.45) is 0 Å². The number of aryl methyl sites for hydroxylation is 1. The largest absolute Gasteiger partial charge is 0.351 e. The highest BCUT2D eigenvalue weighted by Crippen LogP contribution is 2.24. The quantitative estimate of drug-likeness (QED) is 0.522. The highest BCUT2D eigenvalue weighted by atomic mass is 16.2. The molecule has 1 atom stereocenters. The molecule has 2 aromatic heterocycles. The summed E-state index contributed by atoms with van der Waals surface area (Å²) in [6, 6.07) is 19.5. The Kier molecular flexibility index (Phi) is 5.42. The van der Waals surface area contributed by atoms with Crippen molar-refractivity contribution in [3.8, 4) is 11.1 Å². The van der Waals surface area contributed by atoms with Gasteiger partial charge < -0.3 is 14.8 Å². The first-order valence-electron chi connectivity index (χ1n) is 11.1. The lowest BCUT2D eigenvalue weighted by Gasteiger charge is -2.39. The number of benzene rings is 2. The van der Waals surface area contributed by atoms with Crippen LogP contribution in [0.3, 0.4) is 0 Å². The number of fused-ring (bicyclic) bond motifs is 1.